The van der Waals surface area contributed by atoms with Crippen molar-refractivity contribution in [3.63, 3.8) is 0 Å². The molecule has 0 aliphatic carbocycles. The third kappa shape index (κ3) is 4.58. The zero-order valence-corrected chi connectivity index (χ0v) is 18.5. The summed E-state index contributed by atoms with van der Waals surface area (Å²) in [5.74, 6) is -0.932. The molecule has 9 heteroatoms. The van der Waals surface area contributed by atoms with E-state index in [1.165, 1.54) is 23.5 Å². The number of halogens is 1. The minimum Gasteiger partial charge on any atom is -0.462 e. The number of carbonyl (C=O) groups excluding carboxylic acids is 2. The van der Waals surface area contributed by atoms with Gasteiger partial charge in [0.1, 0.15) is 10.6 Å². The summed E-state index contributed by atoms with van der Waals surface area (Å²) in [6, 6.07) is 12.8. The van der Waals surface area contributed by atoms with Crippen LogP contribution in [0, 0.1) is 17.0 Å². The Morgan fingerprint density at radius 3 is 2.50 bits per heavy atom. The molecule has 0 unspecified atom stereocenters. The van der Waals surface area contributed by atoms with Crippen molar-refractivity contribution in [3.05, 3.63) is 79.1 Å². The van der Waals surface area contributed by atoms with Gasteiger partial charge in [-0.2, -0.15) is 0 Å². The van der Waals surface area contributed by atoms with Gasteiger partial charge in [0.25, 0.3) is 11.6 Å². The fraction of sp³-hybridized carbons (Fsp3) is 0.143. The summed E-state index contributed by atoms with van der Waals surface area (Å²) >= 11 is 4.59. The SMILES string of the molecule is CCOC(=O)c1c(NC(=O)c2cccc(Br)c2)sc(C)c1-c1ccc([N+](=O)[O-])cc1. The maximum Gasteiger partial charge on any atom is 0.341 e. The molecule has 1 N–H and O–H groups in total. The number of hydrogen-bond donors (Lipinski definition) is 1. The highest BCUT2D eigenvalue weighted by atomic mass is 79.9. The van der Waals surface area contributed by atoms with Crippen LogP contribution in [-0.4, -0.2) is 23.4 Å². The lowest BCUT2D eigenvalue weighted by Crippen LogP contribution is -2.14. The summed E-state index contributed by atoms with van der Waals surface area (Å²) in [6.45, 7) is 3.69. The number of nitrogens with one attached hydrogen (secondary N) is 1. The number of amides is 1. The highest BCUT2D eigenvalue weighted by molar-refractivity contribution is 9.10. The van der Waals surface area contributed by atoms with Crippen molar-refractivity contribution in [1.82, 2.24) is 0 Å². The van der Waals surface area contributed by atoms with Crippen LogP contribution in [0.4, 0.5) is 10.7 Å². The van der Waals surface area contributed by atoms with E-state index in [-0.39, 0.29) is 23.8 Å². The van der Waals surface area contributed by atoms with Gasteiger partial charge in [0.2, 0.25) is 0 Å². The monoisotopic (exact) mass is 488 g/mol. The van der Waals surface area contributed by atoms with Crippen molar-refractivity contribution in [2.24, 2.45) is 0 Å². The molecule has 3 rings (SSSR count). The standard InChI is InChI=1S/C21H17BrN2O5S/c1-3-29-21(26)18-17(13-7-9-16(10-8-13)24(27)28)12(2)30-20(18)23-19(25)14-5-4-6-15(22)11-14/h4-11H,3H2,1-2H3,(H,23,25). The third-order valence-electron chi connectivity index (χ3n) is 4.24. The summed E-state index contributed by atoms with van der Waals surface area (Å²) in [5.41, 5.74) is 1.82. The van der Waals surface area contributed by atoms with E-state index < -0.39 is 10.9 Å². The van der Waals surface area contributed by atoms with E-state index in [2.05, 4.69) is 21.2 Å². The van der Waals surface area contributed by atoms with Gasteiger partial charge < -0.3 is 10.1 Å². The first-order valence-corrected chi connectivity index (χ1v) is 10.5. The Balaban J connectivity index is 2.05. The molecule has 0 radical (unpaired) electrons. The van der Waals surface area contributed by atoms with Gasteiger partial charge in [-0.05, 0) is 49.7 Å². The number of ether oxygens (including phenoxy) is 1. The molecular formula is C21H17BrN2O5S. The zero-order valence-electron chi connectivity index (χ0n) is 16.1. The summed E-state index contributed by atoms with van der Waals surface area (Å²) in [7, 11) is 0. The van der Waals surface area contributed by atoms with Gasteiger partial charge in [-0.1, -0.05) is 22.0 Å². The van der Waals surface area contributed by atoms with Crippen molar-refractivity contribution in [2.45, 2.75) is 13.8 Å². The predicted molar refractivity (Wildman–Crippen MR) is 119 cm³/mol. The van der Waals surface area contributed by atoms with E-state index in [0.29, 0.717) is 21.7 Å². The minimum atomic E-state index is -0.570. The van der Waals surface area contributed by atoms with Crippen LogP contribution in [0.5, 0.6) is 0 Å². The summed E-state index contributed by atoms with van der Waals surface area (Å²) in [6.07, 6.45) is 0. The Morgan fingerprint density at radius 1 is 1.20 bits per heavy atom. The maximum absolute atomic E-state index is 12.7. The highest BCUT2D eigenvalue weighted by Crippen LogP contribution is 2.41. The average Bonchev–Trinajstić information content (AvgIpc) is 3.03. The van der Waals surface area contributed by atoms with Gasteiger partial charge in [-0.25, -0.2) is 4.79 Å². The number of nitrogens with zero attached hydrogens (tertiary/aromatic N) is 1. The topological polar surface area (TPSA) is 98.5 Å². The van der Waals surface area contributed by atoms with E-state index >= 15 is 0 Å². The Labute approximate surface area is 185 Å². The second-order valence-electron chi connectivity index (χ2n) is 6.23. The molecule has 154 valence electrons. The molecule has 0 bridgehead atoms. The van der Waals surface area contributed by atoms with Gasteiger partial charge >= 0.3 is 5.97 Å². The fourth-order valence-electron chi connectivity index (χ4n) is 2.93. The van der Waals surface area contributed by atoms with E-state index in [0.717, 1.165) is 9.35 Å². The van der Waals surface area contributed by atoms with Gasteiger partial charge in [0.05, 0.1) is 11.5 Å². The molecule has 0 saturated heterocycles. The van der Waals surface area contributed by atoms with E-state index in [1.807, 2.05) is 13.0 Å². The lowest BCUT2D eigenvalue weighted by Gasteiger charge is -2.09. The molecule has 7 nitrogen and oxygen atoms in total. The third-order valence-corrected chi connectivity index (χ3v) is 5.76. The molecule has 0 atom stereocenters. The maximum atomic E-state index is 12.7. The minimum absolute atomic E-state index is 0.0486. The molecule has 1 aromatic heterocycles. The lowest BCUT2D eigenvalue weighted by molar-refractivity contribution is -0.384. The second-order valence-corrected chi connectivity index (χ2v) is 8.37. The molecule has 0 aliphatic rings. The summed E-state index contributed by atoms with van der Waals surface area (Å²) in [4.78, 5) is 36.7. The first kappa shape index (κ1) is 21.7. The lowest BCUT2D eigenvalue weighted by atomic mass is 10.0. The Hall–Kier alpha value is -3.04. The van der Waals surface area contributed by atoms with Crippen molar-refractivity contribution in [3.8, 4) is 11.1 Å². The number of benzene rings is 2. The van der Waals surface area contributed by atoms with Crippen molar-refractivity contribution < 1.29 is 19.2 Å². The first-order chi connectivity index (χ1) is 14.3. The molecule has 0 aliphatic heterocycles. The molecular weight excluding hydrogens is 472 g/mol. The number of non-ortho nitro benzene ring substituents is 1. The number of nitro benzene ring substituents is 1. The average molecular weight is 489 g/mol. The molecule has 0 fully saturated rings. The molecule has 30 heavy (non-hydrogen) atoms. The quantitative estimate of drug-likeness (QED) is 0.267. The van der Waals surface area contributed by atoms with Gasteiger partial charge in [0.15, 0.2) is 0 Å². The summed E-state index contributed by atoms with van der Waals surface area (Å²) in [5, 5.41) is 14.1. The van der Waals surface area contributed by atoms with Crippen LogP contribution in [0.15, 0.2) is 53.0 Å². The number of hydrogen-bond acceptors (Lipinski definition) is 6. The number of carbonyl (C=O) groups is 2. The van der Waals surface area contributed by atoms with Gasteiger partial charge in [0, 0.05) is 32.6 Å². The number of esters is 1. The molecule has 3 aromatic rings. The number of aryl methyl sites for hydroxylation is 1. The van der Waals surface area contributed by atoms with Crippen LogP contribution >= 0.6 is 27.3 Å². The number of rotatable bonds is 6. The molecule has 1 heterocycles. The fourth-order valence-corrected chi connectivity index (χ4v) is 4.39. The normalized spacial score (nSPS) is 10.5. The molecule has 1 amide bonds. The van der Waals surface area contributed by atoms with Crippen LogP contribution in [0.1, 0.15) is 32.5 Å². The smallest absolute Gasteiger partial charge is 0.341 e. The van der Waals surface area contributed by atoms with Crippen LogP contribution in [0.2, 0.25) is 0 Å². The molecule has 0 saturated carbocycles. The molecule has 2 aromatic carbocycles. The second kappa shape index (κ2) is 9.19. The number of thiophene rings is 1. The Kier molecular flexibility index (Phi) is 6.63. The van der Waals surface area contributed by atoms with Gasteiger partial charge in [-0.3, -0.25) is 14.9 Å². The molecule has 0 spiro atoms. The predicted octanol–water partition coefficient (Wildman–Crippen LogP) is 5.82. The van der Waals surface area contributed by atoms with Crippen LogP contribution in [0.25, 0.3) is 11.1 Å². The number of anilines is 1. The van der Waals surface area contributed by atoms with Crippen molar-refractivity contribution in [1.29, 1.82) is 0 Å². The van der Waals surface area contributed by atoms with E-state index in [1.54, 1.807) is 37.3 Å². The van der Waals surface area contributed by atoms with E-state index in [9.17, 15) is 19.7 Å². The Morgan fingerprint density at radius 2 is 1.90 bits per heavy atom. The largest absolute Gasteiger partial charge is 0.462 e. The van der Waals surface area contributed by atoms with Crippen LogP contribution in [0.3, 0.4) is 0 Å². The van der Waals surface area contributed by atoms with Crippen LogP contribution in [-0.2, 0) is 4.74 Å². The van der Waals surface area contributed by atoms with E-state index in [4.69, 9.17) is 4.74 Å². The summed E-state index contributed by atoms with van der Waals surface area (Å²) < 4.78 is 5.97. The van der Waals surface area contributed by atoms with Crippen molar-refractivity contribution in [2.75, 3.05) is 11.9 Å². The Bertz CT molecular complexity index is 1120. The van der Waals surface area contributed by atoms with Crippen LogP contribution < -0.4 is 5.32 Å². The highest BCUT2D eigenvalue weighted by Gasteiger charge is 2.26. The first-order valence-electron chi connectivity index (χ1n) is 8.94. The number of nitro groups is 1. The van der Waals surface area contributed by atoms with Gasteiger partial charge in [-0.15, -0.1) is 11.3 Å². The zero-order chi connectivity index (χ0) is 21.8. The van der Waals surface area contributed by atoms with Crippen molar-refractivity contribution >= 4 is 49.8 Å².